The van der Waals surface area contributed by atoms with Gasteiger partial charge in [0, 0.05) is 13.0 Å². The molecule has 0 aliphatic heterocycles. The third-order valence-corrected chi connectivity index (χ3v) is 2.23. The largest absolute Gasteiger partial charge is 0.409 e. The molecule has 1 rings (SSSR count). The molecule has 1 aromatic carbocycles. The number of nitrogens with two attached hydrogens (primary N) is 1. The Morgan fingerprint density at radius 3 is 2.76 bits per heavy atom. The lowest BCUT2D eigenvalue weighted by Gasteiger charge is -2.05. The zero-order chi connectivity index (χ0) is 12.7. The van der Waals surface area contributed by atoms with Crippen LogP contribution in [0.2, 0.25) is 0 Å². The molecule has 4 N–H and O–H groups in total. The van der Waals surface area contributed by atoms with Crippen LogP contribution in [0.25, 0.3) is 0 Å². The van der Waals surface area contributed by atoms with Crippen LogP contribution in [0, 0.1) is 11.6 Å². The van der Waals surface area contributed by atoms with E-state index in [2.05, 4.69) is 10.5 Å². The number of nitrogens with zero attached hydrogens (tertiary/aromatic N) is 1. The zero-order valence-electron chi connectivity index (χ0n) is 9.29. The topological polar surface area (TPSA) is 70.6 Å². The van der Waals surface area contributed by atoms with Crippen molar-refractivity contribution in [2.45, 2.75) is 19.4 Å². The van der Waals surface area contributed by atoms with Gasteiger partial charge < -0.3 is 16.3 Å². The van der Waals surface area contributed by atoms with Gasteiger partial charge in [-0.2, -0.15) is 0 Å². The Hall–Kier alpha value is -1.69. The highest BCUT2D eigenvalue weighted by molar-refractivity contribution is 5.79. The van der Waals surface area contributed by atoms with Crippen LogP contribution in [0.4, 0.5) is 8.78 Å². The number of rotatable bonds is 6. The molecule has 0 aliphatic rings. The predicted octanol–water partition coefficient (Wildman–Crippen LogP) is 1.58. The molecule has 0 aromatic heterocycles. The standard InChI is InChI=1S/C11H15F2N3O/c12-9-4-3-8(6-10(9)13)7-15-5-1-2-11(14)16-17/h3-4,6,15,17H,1-2,5,7H2,(H2,14,16). The van der Waals surface area contributed by atoms with Gasteiger partial charge in [-0.05, 0) is 30.7 Å². The maximum atomic E-state index is 12.8. The van der Waals surface area contributed by atoms with E-state index in [0.29, 0.717) is 31.5 Å². The maximum absolute atomic E-state index is 12.8. The van der Waals surface area contributed by atoms with E-state index < -0.39 is 11.6 Å². The number of benzene rings is 1. The van der Waals surface area contributed by atoms with E-state index in [4.69, 9.17) is 10.9 Å². The number of halogens is 2. The van der Waals surface area contributed by atoms with E-state index in [1.807, 2.05) is 0 Å². The lowest BCUT2D eigenvalue weighted by Crippen LogP contribution is -2.18. The van der Waals surface area contributed by atoms with Gasteiger partial charge in [-0.15, -0.1) is 0 Å². The fraction of sp³-hybridized carbons (Fsp3) is 0.364. The highest BCUT2D eigenvalue weighted by Crippen LogP contribution is 2.08. The molecule has 0 aliphatic carbocycles. The van der Waals surface area contributed by atoms with Crippen LogP contribution in [-0.2, 0) is 6.54 Å². The van der Waals surface area contributed by atoms with Crippen molar-refractivity contribution in [3.63, 3.8) is 0 Å². The van der Waals surface area contributed by atoms with Gasteiger partial charge in [0.2, 0.25) is 0 Å². The zero-order valence-corrected chi connectivity index (χ0v) is 9.29. The van der Waals surface area contributed by atoms with Gasteiger partial charge in [0.1, 0.15) is 5.84 Å². The Morgan fingerprint density at radius 2 is 2.12 bits per heavy atom. The van der Waals surface area contributed by atoms with Crippen LogP contribution in [0.5, 0.6) is 0 Å². The van der Waals surface area contributed by atoms with Crippen molar-refractivity contribution in [3.8, 4) is 0 Å². The molecule has 94 valence electrons. The minimum Gasteiger partial charge on any atom is -0.409 e. The molecule has 17 heavy (non-hydrogen) atoms. The molecule has 0 fully saturated rings. The summed E-state index contributed by atoms with van der Waals surface area (Å²) in [5.74, 6) is -1.51. The summed E-state index contributed by atoms with van der Waals surface area (Å²) in [5, 5.41) is 14.2. The van der Waals surface area contributed by atoms with E-state index in [1.165, 1.54) is 6.07 Å². The molecule has 0 spiro atoms. The minimum atomic E-state index is -0.847. The molecule has 0 atom stereocenters. The second kappa shape index (κ2) is 6.80. The normalized spacial score (nSPS) is 11.8. The van der Waals surface area contributed by atoms with E-state index in [1.54, 1.807) is 0 Å². The SMILES string of the molecule is NC(CCCNCc1ccc(F)c(F)c1)=NO. The van der Waals surface area contributed by atoms with Gasteiger partial charge in [0.05, 0.1) is 0 Å². The number of hydrogen-bond donors (Lipinski definition) is 3. The van der Waals surface area contributed by atoms with Crippen molar-refractivity contribution in [2.24, 2.45) is 10.9 Å². The van der Waals surface area contributed by atoms with Gasteiger partial charge in [-0.1, -0.05) is 11.2 Å². The average molecular weight is 243 g/mol. The summed E-state index contributed by atoms with van der Waals surface area (Å²) in [4.78, 5) is 0. The van der Waals surface area contributed by atoms with Crippen LogP contribution in [-0.4, -0.2) is 17.6 Å². The van der Waals surface area contributed by atoms with Crippen LogP contribution >= 0.6 is 0 Å². The molecule has 4 nitrogen and oxygen atoms in total. The van der Waals surface area contributed by atoms with Crippen molar-refractivity contribution in [1.29, 1.82) is 0 Å². The van der Waals surface area contributed by atoms with E-state index in [-0.39, 0.29) is 5.84 Å². The van der Waals surface area contributed by atoms with Gasteiger partial charge in [-0.3, -0.25) is 0 Å². The Bertz CT molecular complexity index is 396. The first-order valence-corrected chi connectivity index (χ1v) is 5.24. The quantitative estimate of drug-likeness (QED) is 0.233. The third-order valence-electron chi connectivity index (χ3n) is 2.23. The van der Waals surface area contributed by atoms with Gasteiger partial charge in [0.15, 0.2) is 11.6 Å². The fourth-order valence-corrected chi connectivity index (χ4v) is 1.33. The summed E-state index contributed by atoms with van der Waals surface area (Å²) in [7, 11) is 0. The molecule has 0 radical (unpaired) electrons. The van der Waals surface area contributed by atoms with Crippen molar-refractivity contribution in [2.75, 3.05) is 6.54 Å². The monoisotopic (exact) mass is 243 g/mol. The Morgan fingerprint density at radius 1 is 1.35 bits per heavy atom. The third kappa shape index (κ3) is 4.78. The number of nitrogens with one attached hydrogen (secondary N) is 1. The summed E-state index contributed by atoms with van der Waals surface area (Å²) in [6.45, 7) is 1.10. The summed E-state index contributed by atoms with van der Waals surface area (Å²) in [6.07, 6.45) is 1.20. The average Bonchev–Trinajstić information content (AvgIpc) is 2.33. The highest BCUT2D eigenvalue weighted by atomic mass is 19.2. The first kappa shape index (κ1) is 13.4. The number of amidine groups is 1. The van der Waals surface area contributed by atoms with Crippen molar-refractivity contribution < 1.29 is 14.0 Å². The molecule has 0 amide bonds. The summed E-state index contributed by atoms with van der Waals surface area (Å²) < 4.78 is 25.5. The molecule has 1 aromatic rings. The van der Waals surface area contributed by atoms with Crippen LogP contribution < -0.4 is 11.1 Å². The fourth-order valence-electron chi connectivity index (χ4n) is 1.33. The summed E-state index contributed by atoms with van der Waals surface area (Å²) in [6, 6.07) is 3.78. The smallest absolute Gasteiger partial charge is 0.159 e. The molecular formula is C11H15F2N3O. The lowest BCUT2D eigenvalue weighted by molar-refractivity contribution is 0.316. The van der Waals surface area contributed by atoms with Crippen LogP contribution in [0.15, 0.2) is 23.4 Å². The molecule has 6 heteroatoms. The van der Waals surface area contributed by atoms with Crippen molar-refractivity contribution in [1.82, 2.24) is 5.32 Å². The molecule has 0 heterocycles. The Kier molecular flexibility index (Phi) is 5.35. The molecule has 0 saturated heterocycles. The number of hydrogen-bond acceptors (Lipinski definition) is 3. The number of oxime groups is 1. The van der Waals surface area contributed by atoms with Crippen LogP contribution in [0.3, 0.4) is 0 Å². The first-order valence-electron chi connectivity index (χ1n) is 5.24. The molecule has 0 bridgehead atoms. The summed E-state index contributed by atoms with van der Waals surface area (Å²) in [5.41, 5.74) is 5.96. The lowest BCUT2D eigenvalue weighted by atomic mass is 10.2. The molecule has 0 saturated carbocycles. The van der Waals surface area contributed by atoms with Gasteiger partial charge in [0.25, 0.3) is 0 Å². The van der Waals surface area contributed by atoms with Gasteiger partial charge >= 0.3 is 0 Å². The van der Waals surface area contributed by atoms with E-state index >= 15 is 0 Å². The summed E-state index contributed by atoms with van der Waals surface area (Å²) >= 11 is 0. The maximum Gasteiger partial charge on any atom is 0.159 e. The minimum absolute atomic E-state index is 0.180. The van der Waals surface area contributed by atoms with E-state index in [0.717, 1.165) is 12.1 Å². The predicted molar refractivity (Wildman–Crippen MR) is 60.7 cm³/mol. The Balaban J connectivity index is 2.24. The second-order valence-electron chi connectivity index (χ2n) is 3.62. The second-order valence-corrected chi connectivity index (χ2v) is 3.62. The first-order chi connectivity index (χ1) is 8.13. The van der Waals surface area contributed by atoms with Crippen LogP contribution in [0.1, 0.15) is 18.4 Å². The van der Waals surface area contributed by atoms with Crippen molar-refractivity contribution >= 4 is 5.84 Å². The molecule has 0 unspecified atom stereocenters. The van der Waals surface area contributed by atoms with E-state index in [9.17, 15) is 8.78 Å². The Labute approximate surface area is 98.1 Å². The molecular weight excluding hydrogens is 228 g/mol. The van der Waals surface area contributed by atoms with Crippen molar-refractivity contribution in [3.05, 3.63) is 35.4 Å². The highest BCUT2D eigenvalue weighted by Gasteiger charge is 2.01. The van der Waals surface area contributed by atoms with Gasteiger partial charge in [-0.25, -0.2) is 8.78 Å².